The highest BCUT2D eigenvalue weighted by molar-refractivity contribution is 5.69. The molecule has 2 N–H and O–H groups in total. The largest absolute Gasteiger partial charge is 0.508 e. The summed E-state index contributed by atoms with van der Waals surface area (Å²) in [6.07, 6.45) is 7.46. The molecule has 4 rings (SSSR count). The lowest BCUT2D eigenvalue weighted by Crippen LogP contribution is -2.26. The fraction of sp³-hybridized carbons (Fsp3) is 0.524. The number of rotatable bonds is 5. The second kappa shape index (κ2) is 8.13. The van der Waals surface area contributed by atoms with Gasteiger partial charge in [0.25, 0.3) is 0 Å². The number of hydrogen-bond donors (Lipinski definition) is 2. The topological polar surface area (TPSA) is 76.5 Å². The van der Waals surface area contributed by atoms with Gasteiger partial charge in [0.1, 0.15) is 11.9 Å². The molecule has 1 saturated heterocycles. The number of nitrogens with zero attached hydrogens (tertiary/aromatic N) is 2. The summed E-state index contributed by atoms with van der Waals surface area (Å²) in [5, 5.41) is 13.0. The number of anilines is 1. The third-order valence-electron chi connectivity index (χ3n) is 5.45. The molecular formula is C21H27N3O3. The fourth-order valence-corrected chi connectivity index (χ4v) is 3.72. The van der Waals surface area contributed by atoms with Gasteiger partial charge >= 0.3 is 0 Å². The Morgan fingerprint density at radius 2 is 1.89 bits per heavy atom. The summed E-state index contributed by atoms with van der Waals surface area (Å²) in [5.74, 6) is 2.22. The molecule has 6 heteroatoms. The zero-order valence-corrected chi connectivity index (χ0v) is 15.7. The molecule has 1 aliphatic heterocycles. The number of nitrogens with one attached hydrogen (secondary N) is 1. The van der Waals surface area contributed by atoms with Gasteiger partial charge in [-0.15, -0.1) is 0 Å². The van der Waals surface area contributed by atoms with Crippen LogP contribution in [0.25, 0.3) is 11.1 Å². The first kappa shape index (κ1) is 18.0. The minimum absolute atomic E-state index is 0.0131. The highest BCUT2D eigenvalue weighted by Gasteiger charge is 2.22. The third kappa shape index (κ3) is 4.50. The molecule has 1 aromatic heterocycles. The first-order valence-electron chi connectivity index (χ1n) is 9.85. The van der Waals surface area contributed by atoms with Crippen molar-refractivity contribution in [2.75, 3.05) is 18.5 Å². The van der Waals surface area contributed by atoms with E-state index in [2.05, 4.69) is 22.2 Å². The van der Waals surface area contributed by atoms with E-state index in [-0.39, 0.29) is 11.9 Å². The summed E-state index contributed by atoms with van der Waals surface area (Å²) < 4.78 is 11.6. The zero-order valence-electron chi connectivity index (χ0n) is 15.7. The summed E-state index contributed by atoms with van der Waals surface area (Å²) in [6.45, 7) is 3.62. The Morgan fingerprint density at radius 1 is 1.11 bits per heavy atom. The lowest BCUT2D eigenvalue weighted by atomic mass is 9.87. The van der Waals surface area contributed by atoms with Crippen molar-refractivity contribution in [2.45, 2.75) is 51.2 Å². The summed E-state index contributed by atoms with van der Waals surface area (Å²) in [4.78, 5) is 9.22. The quantitative estimate of drug-likeness (QED) is 0.829. The number of benzene rings is 1. The van der Waals surface area contributed by atoms with E-state index in [0.29, 0.717) is 24.5 Å². The lowest BCUT2D eigenvalue weighted by molar-refractivity contribution is 0.138. The van der Waals surface area contributed by atoms with Crippen molar-refractivity contribution >= 4 is 5.95 Å². The van der Waals surface area contributed by atoms with Crippen LogP contribution in [0.5, 0.6) is 11.6 Å². The standard InChI is InChI=1S/C21H27N3O3/c1-14-2-6-16(7-3-14)23-21-22-12-19(15-4-8-17(25)9-5-15)20(24-21)27-18-10-11-26-13-18/h4-5,8-9,12,14,16,18,25H,2-3,6-7,10-11,13H2,1H3,(H,22,23,24)/t14-,16+,18-/m1/s1. The van der Waals surface area contributed by atoms with Gasteiger partial charge in [0, 0.05) is 18.7 Å². The van der Waals surface area contributed by atoms with Crippen molar-refractivity contribution in [3.8, 4) is 22.8 Å². The third-order valence-corrected chi connectivity index (χ3v) is 5.45. The van der Waals surface area contributed by atoms with Gasteiger partial charge in [-0.05, 0) is 49.3 Å². The zero-order chi connectivity index (χ0) is 18.6. The van der Waals surface area contributed by atoms with E-state index >= 15 is 0 Å². The van der Waals surface area contributed by atoms with E-state index in [1.807, 2.05) is 12.1 Å². The maximum Gasteiger partial charge on any atom is 0.226 e. The highest BCUT2D eigenvalue weighted by atomic mass is 16.5. The molecule has 0 bridgehead atoms. The molecule has 1 aliphatic carbocycles. The summed E-state index contributed by atoms with van der Waals surface area (Å²) >= 11 is 0. The van der Waals surface area contributed by atoms with Crippen molar-refractivity contribution < 1.29 is 14.6 Å². The average Bonchev–Trinajstić information content (AvgIpc) is 3.18. The molecule has 2 heterocycles. The van der Waals surface area contributed by atoms with Gasteiger partial charge < -0.3 is 19.9 Å². The predicted octanol–water partition coefficient (Wildman–Crippen LogP) is 4.01. The molecule has 0 unspecified atom stereocenters. The molecule has 1 aromatic carbocycles. The molecule has 144 valence electrons. The summed E-state index contributed by atoms with van der Waals surface area (Å²) in [5.41, 5.74) is 1.74. The van der Waals surface area contributed by atoms with Crippen LogP contribution in [0.2, 0.25) is 0 Å². The maximum absolute atomic E-state index is 9.56. The second-order valence-electron chi connectivity index (χ2n) is 7.66. The Bertz CT molecular complexity index is 752. The molecule has 0 radical (unpaired) electrons. The van der Waals surface area contributed by atoms with Crippen LogP contribution in [-0.2, 0) is 4.74 Å². The van der Waals surface area contributed by atoms with Gasteiger partial charge in [-0.1, -0.05) is 19.1 Å². The molecule has 2 fully saturated rings. The van der Waals surface area contributed by atoms with Crippen LogP contribution in [0.15, 0.2) is 30.5 Å². The van der Waals surface area contributed by atoms with Gasteiger partial charge in [0.05, 0.1) is 18.8 Å². The Balaban J connectivity index is 1.57. The van der Waals surface area contributed by atoms with E-state index in [9.17, 15) is 5.11 Å². The molecule has 1 atom stereocenters. The lowest BCUT2D eigenvalue weighted by Gasteiger charge is -2.27. The molecule has 6 nitrogen and oxygen atoms in total. The molecular weight excluding hydrogens is 342 g/mol. The molecule has 27 heavy (non-hydrogen) atoms. The molecule has 2 aliphatic rings. The van der Waals surface area contributed by atoms with E-state index < -0.39 is 0 Å². The van der Waals surface area contributed by atoms with Crippen molar-refractivity contribution in [1.29, 1.82) is 0 Å². The van der Waals surface area contributed by atoms with E-state index in [1.165, 1.54) is 12.8 Å². The smallest absolute Gasteiger partial charge is 0.226 e. The molecule has 0 spiro atoms. The SMILES string of the molecule is C[C@H]1CC[C@@H](Nc2ncc(-c3ccc(O)cc3)c(O[C@@H]3CCOC3)n2)CC1. The average molecular weight is 369 g/mol. The van der Waals surface area contributed by atoms with Crippen molar-refractivity contribution in [1.82, 2.24) is 9.97 Å². The minimum Gasteiger partial charge on any atom is -0.508 e. The van der Waals surface area contributed by atoms with Crippen molar-refractivity contribution in [2.24, 2.45) is 5.92 Å². The molecule has 1 saturated carbocycles. The number of phenolic OH excluding ortho intramolecular Hbond substituents is 1. The van der Waals surface area contributed by atoms with Crippen LogP contribution in [-0.4, -0.2) is 40.4 Å². The Morgan fingerprint density at radius 3 is 2.59 bits per heavy atom. The highest BCUT2D eigenvalue weighted by Crippen LogP contribution is 2.32. The van der Waals surface area contributed by atoms with Crippen LogP contribution >= 0.6 is 0 Å². The molecule has 2 aromatic rings. The summed E-state index contributed by atoms with van der Waals surface area (Å²) in [7, 11) is 0. The van der Waals surface area contributed by atoms with Crippen molar-refractivity contribution in [3.05, 3.63) is 30.5 Å². The monoisotopic (exact) mass is 369 g/mol. The van der Waals surface area contributed by atoms with Gasteiger partial charge in [-0.2, -0.15) is 4.98 Å². The predicted molar refractivity (Wildman–Crippen MR) is 104 cm³/mol. The van der Waals surface area contributed by atoms with Crippen molar-refractivity contribution in [3.63, 3.8) is 0 Å². The first-order chi connectivity index (χ1) is 13.2. The van der Waals surface area contributed by atoms with Gasteiger partial charge in [0.15, 0.2) is 0 Å². The number of aromatic hydroxyl groups is 1. The fourth-order valence-electron chi connectivity index (χ4n) is 3.72. The summed E-state index contributed by atoms with van der Waals surface area (Å²) in [6, 6.07) is 7.44. The van der Waals surface area contributed by atoms with E-state index in [0.717, 1.165) is 42.9 Å². The van der Waals surface area contributed by atoms with E-state index in [1.54, 1.807) is 18.3 Å². The van der Waals surface area contributed by atoms with Gasteiger partial charge in [-0.25, -0.2) is 4.98 Å². The van der Waals surface area contributed by atoms with Crippen LogP contribution < -0.4 is 10.1 Å². The second-order valence-corrected chi connectivity index (χ2v) is 7.66. The Labute approximate surface area is 160 Å². The first-order valence-corrected chi connectivity index (χ1v) is 9.85. The van der Waals surface area contributed by atoms with Crippen LogP contribution in [0.3, 0.4) is 0 Å². The molecule has 0 amide bonds. The number of hydrogen-bond acceptors (Lipinski definition) is 6. The number of ether oxygens (including phenoxy) is 2. The van der Waals surface area contributed by atoms with Crippen LogP contribution in [0, 0.1) is 5.92 Å². The van der Waals surface area contributed by atoms with Crippen LogP contribution in [0.1, 0.15) is 39.0 Å². The van der Waals surface area contributed by atoms with E-state index in [4.69, 9.17) is 9.47 Å². The minimum atomic E-state index is 0.0131. The number of aromatic nitrogens is 2. The van der Waals surface area contributed by atoms with Crippen LogP contribution in [0.4, 0.5) is 5.95 Å². The van der Waals surface area contributed by atoms with Gasteiger partial charge in [-0.3, -0.25) is 0 Å². The Hall–Kier alpha value is -2.34. The van der Waals surface area contributed by atoms with Gasteiger partial charge in [0.2, 0.25) is 11.8 Å². The maximum atomic E-state index is 9.56. The normalized spacial score (nSPS) is 25.3. The number of phenols is 1. The Kier molecular flexibility index (Phi) is 5.43.